The van der Waals surface area contributed by atoms with Gasteiger partial charge in [0.25, 0.3) is 5.91 Å². The monoisotopic (exact) mass is 379 g/mol. The molecule has 1 aromatic carbocycles. The first-order valence-corrected chi connectivity index (χ1v) is 9.86. The van der Waals surface area contributed by atoms with Crippen LogP contribution in [0.3, 0.4) is 0 Å². The third kappa shape index (κ3) is 3.95. The highest BCUT2D eigenvalue weighted by atomic mass is 32.2. The summed E-state index contributed by atoms with van der Waals surface area (Å²) in [5, 5.41) is 15.9. The van der Waals surface area contributed by atoms with Crippen molar-refractivity contribution < 1.29 is 22.8 Å². The van der Waals surface area contributed by atoms with Gasteiger partial charge in [0.15, 0.2) is 0 Å². The summed E-state index contributed by atoms with van der Waals surface area (Å²) in [5.41, 5.74) is 0.813. The average molecular weight is 379 g/mol. The van der Waals surface area contributed by atoms with Gasteiger partial charge < -0.3 is 14.9 Å². The van der Waals surface area contributed by atoms with Crippen LogP contribution in [0.1, 0.15) is 35.3 Å². The van der Waals surface area contributed by atoms with Crippen molar-refractivity contribution in [3.05, 3.63) is 47.9 Å². The molecule has 1 aromatic heterocycles. The number of piperidine rings is 1. The minimum Gasteiger partial charge on any atom is -0.395 e. The number of hydrogen-bond donors (Lipinski definition) is 2. The maximum Gasteiger partial charge on any atom is 0.251 e. The Kier molecular flexibility index (Phi) is 5.70. The number of aliphatic hydroxyl groups is 1. The average Bonchev–Trinajstić information content (AvgIpc) is 3.19. The van der Waals surface area contributed by atoms with Crippen molar-refractivity contribution in [2.45, 2.75) is 36.7 Å². The van der Waals surface area contributed by atoms with Gasteiger partial charge in [-0.2, -0.15) is 4.31 Å². The van der Waals surface area contributed by atoms with E-state index in [1.807, 2.05) is 0 Å². The van der Waals surface area contributed by atoms with Gasteiger partial charge in [-0.3, -0.25) is 4.79 Å². The van der Waals surface area contributed by atoms with Crippen LogP contribution in [0.4, 0.5) is 0 Å². The Balaban J connectivity index is 1.78. The number of carbonyl (C=O) groups is 1. The van der Waals surface area contributed by atoms with Crippen LogP contribution in [0, 0.1) is 0 Å². The summed E-state index contributed by atoms with van der Waals surface area (Å²) in [4.78, 5) is 12.3. The number of sulfonamides is 1. The molecule has 9 heteroatoms. The highest BCUT2D eigenvalue weighted by molar-refractivity contribution is 7.89. The lowest BCUT2D eigenvalue weighted by Gasteiger charge is -2.33. The van der Waals surface area contributed by atoms with Crippen LogP contribution >= 0.6 is 0 Å². The largest absolute Gasteiger partial charge is 0.395 e. The van der Waals surface area contributed by atoms with Crippen molar-refractivity contribution >= 4 is 15.9 Å². The minimum absolute atomic E-state index is 0.0481. The molecule has 0 spiro atoms. The molecule has 3 rings (SSSR count). The highest BCUT2D eigenvalue weighted by Gasteiger charge is 2.33. The molecular formula is C17H21N3O5S. The molecule has 1 aliphatic heterocycles. The van der Waals surface area contributed by atoms with Crippen molar-refractivity contribution in [3.63, 3.8) is 0 Å². The summed E-state index contributed by atoms with van der Waals surface area (Å²) < 4.78 is 31.9. The number of aromatic nitrogens is 1. The number of nitrogens with zero attached hydrogens (tertiary/aromatic N) is 2. The second-order valence-corrected chi connectivity index (χ2v) is 8.04. The van der Waals surface area contributed by atoms with Gasteiger partial charge in [-0.05, 0) is 31.0 Å². The van der Waals surface area contributed by atoms with Gasteiger partial charge >= 0.3 is 0 Å². The number of rotatable bonds is 6. The second-order valence-electron chi connectivity index (χ2n) is 6.15. The lowest BCUT2D eigenvalue weighted by Crippen LogP contribution is -2.45. The van der Waals surface area contributed by atoms with Gasteiger partial charge in [0.05, 0.1) is 18.0 Å². The van der Waals surface area contributed by atoms with Crippen LogP contribution < -0.4 is 5.32 Å². The van der Waals surface area contributed by atoms with Crippen molar-refractivity contribution in [1.82, 2.24) is 14.8 Å². The fourth-order valence-corrected chi connectivity index (χ4v) is 4.74. The van der Waals surface area contributed by atoms with Gasteiger partial charge in [-0.25, -0.2) is 8.42 Å². The van der Waals surface area contributed by atoms with Gasteiger partial charge in [0.1, 0.15) is 12.0 Å². The molecule has 1 atom stereocenters. The lowest BCUT2D eigenvalue weighted by atomic mass is 10.1. The van der Waals surface area contributed by atoms with Crippen molar-refractivity contribution in [3.8, 4) is 0 Å². The smallest absolute Gasteiger partial charge is 0.251 e. The Hall–Kier alpha value is -2.23. The molecule has 1 saturated heterocycles. The zero-order valence-corrected chi connectivity index (χ0v) is 15.0. The molecule has 0 radical (unpaired) electrons. The van der Waals surface area contributed by atoms with Crippen LogP contribution in [-0.4, -0.2) is 48.1 Å². The van der Waals surface area contributed by atoms with E-state index < -0.39 is 22.0 Å². The molecule has 2 aromatic rings. The Morgan fingerprint density at radius 1 is 1.35 bits per heavy atom. The van der Waals surface area contributed by atoms with Gasteiger partial charge in [-0.15, -0.1) is 0 Å². The molecule has 0 saturated carbocycles. The third-order valence-electron chi connectivity index (χ3n) is 4.41. The quantitative estimate of drug-likeness (QED) is 0.778. The van der Waals surface area contributed by atoms with Crippen LogP contribution in [0.15, 0.2) is 46.0 Å². The number of carbonyl (C=O) groups excluding carboxylic acids is 1. The molecule has 2 N–H and O–H groups in total. The first-order chi connectivity index (χ1) is 12.5. The Labute approximate surface area is 151 Å². The molecule has 1 fully saturated rings. The summed E-state index contributed by atoms with van der Waals surface area (Å²) in [7, 11) is -3.77. The number of aliphatic hydroxyl groups excluding tert-OH is 1. The van der Waals surface area contributed by atoms with E-state index in [1.54, 1.807) is 12.1 Å². The van der Waals surface area contributed by atoms with Crippen LogP contribution in [0.2, 0.25) is 0 Å². The third-order valence-corrected chi connectivity index (χ3v) is 6.36. The highest BCUT2D eigenvalue weighted by Crippen LogP contribution is 2.25. The maximum atomic E-state index is 12.9. The molecule has 1 aliphatic rings. The van der Waals surface area contributed by atoms with Crippen LogP contribution in [0.5, 0.6) is 0 Å². The maximum absolute atomic E-state index is 12.9. The Bertz CT molecular complexity index is 851. The summed E-state index contributed by atoms with van der Waals surface area (Å²) in [5.74, 6) is -0.401. The number of hydrogen-bond acceptors (Lipinski definition) is 6. The Morgan fingerprint density at radius 3 is 2.92 bits per heavy atom. The molecule has 0 bridgehead atoms. The fraction of sp³-hybridized carbons (Fsp3) is 0.412. The summed E-state index contributed by atoms with van der Waals surface area (Å²) in [6.45, 7) is 0.346. The second kappa shape index (κ2) is 7.98. The van der Waals surface area contributed by atoms with E-state index in [-0.39, 0.29) is 23.6 Å². The minimum atomic E-state index is -3.77. The van der Waals surface area contributed by atoms with E-state index in [9.17, 15) is 18.3 Å². The predicted molar refractivity (Wildman–Crippen MR) is 92.7 cm³/mol. The van der Waals surface area contributed by atoms with E-state index in [4.69, 9.17) is 4.52 Å². The fourth-order valence-electron chi connectivity index (χ4n) is 3.01. The van der Waals surface area contributed by atoms with Gasteiger partial charge in [0, 0.05) is 24.2 Å². The van der Waals surface area contributed by atoms with Crippen molar-refractivity contribution in [1.29, 1.82) is 0 Å². The number of amides is 1. The lowest BCUT2D eigenvalue weighted by molar-refractivity contribution is 0.0950. The first kappa shape index (κ1) is 18.6. The molecule has 0 unspecified atom stereocenters. The molecule has 2 heterocycles. The molecule has 0 aliphatic carbocycles. The summed E-state index contributed by atoms with van der Waals surface area (Å²) in [6.07, 6.45) is 3.69. The predicted octanol–water partition coefficient (Wildman–Crippen LogP) is 1.14. The normalized spacial score (nSPS) is 18.6. The zero-order valence-electron chi connectivity index (χ0n) is 14.2. The van der Waals surface area contributed by atoms with Gasteiger partial charge in [-0.1, -0.05) is 17.6 Å². The van der Waals surface area contributed by atoms with Crippen LogP contribution in [0.25, 0.3) is 0 Å². The van der Waals surface area contributed by atoms with E-state index >= 15 is 0 Å². The SMILES string of the molecule is O=C(NCc1ccon1)c1cccc(S(=O)(=O)N2CCCC[C@H]2CO)c1. The number of benzene rings is 1. The van der Waals surface area contributed by atoms with Gasteiger partial charge in [0.2, 0.25) is 10.0 Å². The summed E-state index contributed by atoms with van der Waals surface area (Å²) in [6, 6.07) is 7.13. The molecule has 8 nitrogen and oxygen atoms in total. The number of nitrogens with one attached hydrogen (secondary N) is 1. The molecule has 140 valence electrons. The molecular weight excluding hydrogens is 358 g/mol. The zero-order chi connectivity index (χ0) is 18.6. The van der Waals surface area contributed by atoms with Crippen molar-refractivity contribution in [2.24, 2.45) is 0 Å². The summed E-state index contributed by atoms with van der Waals surface area (Å²) >= 11 is 0. The van der Waals surface area contributed by atoms with E-state index in [0.29, 0.717) is 18.7 Å². The Morgan fingerprint density at radius 2 is 2.19 bits per heavy atom. The van der Waals surface area contributed by atoms with E-state index in [2.05, 4.69) is 10.5 Å². The molecule has 1 amide bonds. The first-order valence-electron chi connectivity index (χ1n) is 8.42. The van der Waals surface area contributed by atoms with E-state index in [1.165, 1.54) is 28.8 Å². The van der Waals surface area contributed by atoms with E-state index in [0.717, 1.165) is 12.8 Å². The topological polar surface area (TPSA) is 113 Å². The standard InChI is InChI=1S/C17H21N3O5S/c21-12-15-5-1-2-8-20(15)26(23,24)16-6-3-4-13(10-16)17(22)18-11-14-7-9-25-19-14/h3-4,6-7,9-10,15,21H,1-2,5,8,11-12H2,(H,18,22)/t15-/m0/s1. The van der Waals surface area contributed by atoms with Crippen molar-refractivity contribution in [2.75, 3.05) is 13.2 Å². The molecule has 26 heavy (non-hydrogen) atoms. The van der Waals surface area contributed by atoms with Crippen LogP contribution in [-0.2, 0) is 16.6 Å².